The van der Waals surface area contributed by atoms with Crippen molar-refractivity contribution >= 4 is 21.6 Å². The van der Waals surface area contributed by atoms with Gasteiger partial charge in [0.25, 0.3) is 5.56 Å². The lowest BCUT2D eigenvalue weighted by molar-refractivity contribution is 0.483. The van der Waals surface area contributed by atoms with Gasteiger partial charge in [0.2, 0.25) is 0 Å². The van der Waals surface area contributed by atoms with E-state index in [0.717, 1.165) is 22.3 Å². The van der Waals surface area contributed by atoms with Gasteiger partial charge in [-0.2, -0.15) is 5.26 Å². The van der Waals surface area contributed by atoms with E-state index in [0.29, 0.717) is 21.3 Å². The number of H-pyrrole nitrogens is 1. The Morgan fingerprint density at radius 3 is 2.06 bits per heavy atom. The SMILES string of the molecule is N#Cc1ccc(-c2ccc(-c3csc4[nH]c(=O)c(-c5ccccc5)c(O)c34)cc2)cc1. The zero-order valence-corrected chi connectivity index (χ0v) is 17.1. The molecule has 5 aromatic rings. The molecule has 0 bridgehead atoms. The van der Waals surface area contributed by atoms with Crippen LogP contribution < -0.4 is 5.56 Å². The van der Waals surface area contributed by atoms with Gasteiger partial charge in [0, 0.05) is 10.9 Å². The Labute approximate surface area is 182 Å². The van der Waals surface area contributed by atoms with Crippen LogP contribution in [0.25, 0.3) is 43.6 Å². The van der Waals surface area contributed by atoms with Crippen molar-refractivity contribution in [1.82, 2.24) is 4.98 Å². The maximum atomic E-state index is 12.6. The van der Waals surface area contributed by atoms with E-state index in [1.165, 1.54) is 11.3 Å². The van der Waals surface area contributed by atoms with Gasteiger partial charge in [0.05, 0.1) is 22.6 Å². The number of hydrogen-bond acceptors (Lipinski definition) is 4. The van der Waals surface area contributed by atoms with Crippen LogP contribution >= 0.6 is 11.3 Å². The molecule has 0 spiro atoms. The topological polar surface area (TPSA) is 76.9 Å². The van der Waals surface area contributed by atoms with E-state index in [1.807, 2.05) is 72.1 Å². The molecular formula is C26H16N2O2S. The van der Waals surface area contributed by atoms with Crippen molar-refractivity contribution in [3.05, 3.63) is 100 Å². The van der Waals surface area contributed by atoms with E-state index in [-0.39, 0.29) is 16.9 Å². The highest BCUT2D eigenvalue weighted by Gasteiger charge is 2.18. The standard InChI is InChI=1S/C26H16N2O2S/c27-14-16-6-8-17(9-7-16)18-10-12-19(13-11-18)21-15-31-26-23(21)24(29)22(25(30)28-26)20-4-2-1-3-5-20/h1-13,15H,(H2,28,29,30). The summed E-state index contributed by atoms with van der Waals surface area (Å²) in [4.78, 5) is 16.2. The fraction of sp³-hybridized carbons (Fsp3) is 0. The Hall–Kier alpha value is -4.14. The van der Waals surface area contributed by atoms with Crippen molar-refractivity contribution in [2.75, 3.05) is 0 Å². The number of fused-ring (bicyclic) bond motifs is 1. The van der Waals surface area contributed by atoms with Crippen LogP contribution in [0.1, 0.15) is 5.56 Å². The lowest BCUT2D eigenvalue weighted by Gasteiger charge is -2.08. The van der Waals surface area contributed by atoms with Gasteiger partial charge in [-0.25, -0.2) is 0 Å². The summed E-state index contributed by atoms with van der Waals surface area (Å²) < 4.78 is 0. The quantitative estimate of drug-likeness (QED) is 0.366. The van der Waals surface area contributed by atoms with Crippen LogP contribution in [0.3, 0.4) is 0 Å². The summed E-state index contributed by atoms with van der Waals surface area (Å²) in [7, 11) is 0. The molecule has 2 aromatic heterocycles. The van der Waals surface area contributed by atoms with Crippen LogP contribution in [0.15, 0.2) is 89.0 Å². The molecule has 0 saturated heterocycles. The smallest absolute Gasteiger partial charge is 0.260 e. The molecule has 4 nitrogen and oxygen atoms in total. The maximum absolute atomic E-state index is 12.6. The summed E-state index contributed by atoms with van der Waals surface area (Å²) in [5.74, 6) is -0.00244. The highest BCUT2D eigenvalue weighted by molar-refractivity contribution is 7.17. The average molecular weight is 420 g/mol. The van der Waals surface area contributed by atoms with Gasteiger partial charge in [-0.1, -0.05) is 66.7 Å². The molecular weight excluding hydrogens is 404 g/mol. The first-order valence-electron chi connectivity index (χ1n) is 9.68. The molecule has 5 rings (SSSR count). The maximum Gasteiger partial charge on any atom is 0.260 e. The van der Waals surface area contributed by atoms with Crippen LogP contribution in [0, 0.1) is 11.3 Å². The number of nitrogens with zero attached hydrogens (tertiary/aromatic N) is 1. The zero-order chi connectivity index (χ0) is 21.4. The molecule has 31 heavy (non-hydrogen) atoms. The average Bonchev–Trinajstić information content (AvgIpc) is 3.24. The number of pyridine rings is 1. The molecule has 0 aliphatic heterocycles. The molecule has 2 N–H and O–H groups in total. The van der Waals surface area contributed by atoms with Gasteiger partial charge in [0.1, 0.15) is 10.6 Å². The van der Waals surface area contributed by atoms with Crippen LogP contribution in [-0.2, 0) is 0 Å². The summed E-state index contributed by atoms with van der Waals surface area (Å²) in [6, 6.07) is 26.8. The van der Waals surface area contributed by atoms with Crippen molar-refractivity contribution in [2.24, 2.45) is 0 Å². The fourth-order valence-electron chi connectivity index (χ4n) is 3.75. The van der Waals surface area contributed by atoms with Crippen LogP contribution in [0.5, 0.6) is 5.75 Å². The normalized spacial score (nSPS) is 10.8. The lowest BCUT2D eigenvalue weighted by atomic mass is 9.98. The van der Waals surface area contributed by atoms with Gasteiger partial charge < -0.3 is 10.1 Å². The Morgan fingerprint density at radius 2 is 1.42 bits per heavy atom. The Morgan fingerprint density at radius 1 is 0.806 bits per heavy atom. The van der Waals surface area contributed by atoms with Crippen molar-refractivity contribution < 1.29 is 5.11 Å². The number of rotatable bonds is 3. The fourth-order valence-corrected chi connectivity index (χ4v) is 4.71. The molecule has 0 saturated carbocycles. The van der Waals surface area contributed by atoms with Crippen molar-refractivity contribution in [3.8, 4) is 45.2 Å². The van der Waals surface area contributed by atoms with Gasteiger partial charge in [0.15, 0.2) is 0 Å². The number of hydrogen-bond donors (Lipinski definition) is 2. The monoisotopic (exact) mass is 420 g/mol. The molecule has 3 aromatic carbocycles. The number of benzene rings is 3. The molecule has 0 atom stereocenters. The second-order valence-corrected chi connectivity index (χ2v) is 8.04. The molecule has 0 radical (unpaired) electrons. The number of nitriles is 1. The number of thiophene rings is 1. The largest absolute Gasteiger partial charge is 0.506 e. The molecule has 5 heteroatoms. The lowest BCUT2D eigenvalue weighted by Crippen LogP contribution is -2.08. The Balaban J connectivity index is 1.61. The number of aromatic hydroxyl groups is 1. The van der Waals surface area contributed by atoms with E-state index in [2.05, 4.69) is 11.1 Å². The van der Waals surface area contributed by atoms with Crippen LogP contribution in [0.4, 0.5) is 0 Å². The van der Waals surface area contributed by atoms with E-state index in [4.69, 9.17) is 5.26 Å². The number of nitrogens with one attached hydrogen (secondary N) is 1. The minimum Gasteiger partial charge on any atom is -0.506 e. The van der Waals surface area contributed by atoms with E-state index in [1.54, 1.807) is 12.1 Å². The molecule has 148 valence electrons. The minimum atomic E-state index is -0.305. The zero-order valence-electron chi connectivity index (χ0n) is 16.3. The minimum absolute atomic E-state index is 0.00244. The summed E-state index contributed by atoms with van der Waals surface area (Å²) in [5, 5.41) is 22.6. The highest BCUT2D eigenvalue weighted by atomic mass is 32.1. The van der Waals surface area contributed by atoms with Crippen molar-refractivity contribution in [3.63, 3.8) is 0 Å². The predicted octanol–water partition coefficient (Wildman–Crippen LogP) is 6.17. The van der Waals surface area contributed by atoms with Crippen LogP contribution in [-0.4, -0.2) is 10.1 Å². The van der Waals surface area contributed by atoms with E-state index >= 15 is 0 Å². The molecule has 0 aliphatic rings. The Kier molecular flexibility index (Phi) is 4.62. The molecule has 0 aliphatic carbocycles. The second kappa shape index (κ2) is 7.60. The van der Waals surface area contributed by atoms with Gasteiger partial charge in [-0.15, -0.1) is 11.3 Å². The van der Waals surface area contributed by atoms with E-state index in [9.17, 15) is 9.90 Å². The van der Waals surface area contributed by atoms with Gasteiger partial charge >= 0.3 is 0 Å². The first-order chi connectivity index (χ1) is 15.2. The summed E-state index contributed by atoms with van der Waals surface area (Å²) in [6.45, 7) is 0. The molecule has 0 unspecified atom stereocenters. The second-order valence-electron chi connectivity index (χ2n) is 7.16. The number of aromatic amines is 1. The molecule has 0 fully saturated rings. The van der Waals surface area contributed by atoms with Crippen LogP contribution in [0.2, 0.25) is 0 Å². The third kappa shape index (κ3) is 3.29. The summed E-state index contributed by atoms with van der Waals surface area (Å²) >= 11 is 1.40. The predicted molar refractivity (Wildman–Crippen MR) is 125 cm³/mol. The highest BCUT2D eigenvalue weighted by Crippen LogP contribution is 2.41. The van der Waals surface area contributed by atoms with Crippen molar-refractivity contribution in [1.29, 1.82) is 5.26 Å². The summed E-state index contributed by atoms with van der Waals surface area (Å²) in [6.07, 6.45) is 0. The van der Waals surface area contributed by atoms with Crippen molar-refractivity contribution in [2.45, 2.75) is 0 Å². The molecule has 0 amide bonds. The van der Waals surface area contributed by atoms with E-state index < -0.39 is 0 Å². The third-order valence-electron chi connectivity index (χ3n) is 5.32. The summed E-state index contributed by atoms with van der Waals surface area (Å²) in [5.41, 5.74) is 5.17. The number of aromatic nitrogens is 1. The van der Waals surface area contributed by atoms with Gasteiger partial charge in [-0.05, 0) is 34.4 Å². The third-order valence-corrected chi connectivity index (χ3v) is 6.22. The first kappa shape index (κ1) is 18.9. The Bertz CT molecular complexity index is 1490. The van der Waals surface area contributed by atoms with Gasteiger partial charge in [-0.3, -0.25) is 4.79 Å². The first-order valence-corrected chi connectivity index (χ1v) is 10.6. The molecule has 2 heterocycles.